The second-order valence-electron chi connectivity index (χ2n) is 8.38. The van der Waals surface area contributed by atoms with Crippen molar-refractivity contribution in [3.63, 3.8) is 0 Å². The molecule has 0 spiro atoms. The third kappa shape index (κ3) is 6.34. The maximum atomic E-state index is 12.2. The summed E-state index contributed by atoms with van der Waals surface area (Å²) in [5.41, 5.74) is 2.92. The molecule has 3 rings (SSSR count). The van der Waals surface area contributed by atoms with Crippen LogP contribution in [0.25, 0.3) is 11.5 Å². The number of aryl methyl sites for hydroxylation is 1. The van der Waals surface area contributed by atoms with Crippen molar-refractivity contribution in [2.24, 2.45) is 5.92 Å². The molecule has 2 atom stereocenters. The fourth-order valence-electron chi connectivity index (χ4n) is 3.75. The lowest BCUT2D eigenvalue weighted by Gasteiger charge is -2.29. The summed E-state index contributed by atoms with van der Waals surface area (Å²) in [4.78, 5) is 29.0. The number of carbonyl (C=O) groups excluding carboxylic acids is 2. The van der Waals surface area contributed by atoms with Crippen LogP contribution in [0.3, 0.4) is 0 Å². The van der Waals surface area contributed by atoms with Crippen LogP contribution in [0.5, 0.6) is 0 Å². The molecule has 0 bridgehead atoms. The van der Waals surface area contributed by atoms with Crippen molar-refractivity contribution in [3.8, 4) is 11.5 Å². The Morgan fingerprint density at radius 1 is 1.20 bits per heavy atom. The number of hydrogen-bond donors (Lipinski definition) is 3. The van der Waals surface area contributed by atoms with Gasteiger partial charge in [-0.05, 0) is 52.2 Å². The Labute approximate surface area is 178 Å². The highest BCUT2D eigenvalue weighted by atomic mass is 16.3. The van der Waals surface area contributed by atoms with Gasteiger partial charge in [-0.2, -0.15) is 0 Å². The number of carbonyl (C=O) groups is 2. The highest BCUT2D eigenvalue weighted by Crippen LogP contribution is 2.24. The number of rotatable bonds is 7. The third-order valence-electron chi connectivity index (χ3n) is 5.33. The molecule has 1 aromatic carbocycles. The Hall–Kier alpha value is -2.83. The van der Waals surface area contributed by atoms with Crippen molar-refractivity contribution in [1.82, 2.24) is 20.9 Å². The summed E-state index contributed by atoms with van der Waals surface area (Å²) in [5.74, 6) is 0.650. The molecule has 1 aliphatic rings. The molecule has 0 aliphatic heterocycles. The quantitative estimate of drug-likeness (QED) is 0.648. The molecule has 3 amide bonds. The van der Waals surface area contributed by atoms with Gasteiger partial charge in [-0.1, -0.05) is 24.1 Å². The first-order chi connectivity index (χ1) is 14.4. The molecule has 2 unspecified atom stereocenters. The van der Waals surface area contributed by atoms with Crippen LogP contribution in [0.4, 0.5) is 4.79 Å². The van der Waals surface area contributed by atoms with Gasteiger partial charge in [0.15, 0.2) is 0 Å². The number of urea groups is 1. The molecule has 0 radical (unpaired) electrons. The van der Waals surface area contributed by atoms with Gasteiger partial charge in [-0.25, -0.2) is 9.78 Å². The van der Waals surface area contributed by atoms with E-state index in [1.54, 1.807) is 6.26 Å². The predicted octanol–water partition coefficient (Wildman–Crippen LogP) is 3.58. The van der Waals surface area contributed by atoms with Gasteiger partial charge in [-0.15, -0.1) is 0 Å². The number of hydrogen-bond acceptors (Lipinski definition) is 4. The number of nitrogens with zero attached hydrogens (tertiary/aromatic N) is 1. The summed E-state index contributed by atoms with van der Waals surface area (Å²) in [6.45, 7) is 6.43. The smallest absolute Gasteiger partial charge is 0.315 e. The molecule has 162 valence electrons. The first-order valence-electron chi connectivity index (χ1n) is 10.8. The molecule has 1 heterocycles. The first kappa shape index (κ1) is 21.9. The van der Waals surface area contributed by atoms with E-state index in [0.717, 1.165) is 30.5 Å². The summed E-state index contributed by atoms with van der Waals surface area (Å²) in [5, 5.41) is 8.86. The van der Waals surface area contributed by atoms with Crippen molar-refractivity contribution in [2.75, 3.05) is 6.54 Å². The topological polar surface area (TPSA) is 96.3 Å². The minimum absolute atomic E-state index is 0.0261. The molecule has 2 aromatic rings. The lowest BCUT2D eigenvalue weighted by molar-refractivity contribution is -0.126. The van der Waals surface area contributed by atoms with Gasteiger partial charge < -0.3 is 20.4 Å². The van der Waals surface area contributed by atoms with E-state index >= 15 is 0 Å². The number of benzene rings is 1. The summed E-state index contributed by atoms with van der Waals surface area (Å²) in [6, 6.07) is 7.97. The van der Waals surface area contributed by atoms with E-state index in [9.17, 15) is 9.59 Å². The maximum absolute atomic E-state index is 12.2. The van der Waals surface area contributed by atoms with E-state index in [1.165, 1.54) is 5.56 Å². The average Bonchev–Trinajstić information content (AvgIpc) is 3.17. The van der Waals surface area contributed by atoms with E-state index in [1.807, 2.05) is 45.0 Å². The van der Waals surface area contributed by atoms with E-state index in [0.29, 0.717) is 25.3 Å². The molecule has 1 saturated carbocycles. The normalized spacial score (nSPS) is 18.8. The van der Waals surface area contributed by atoms with Crippen molar-refractivity contribution >= 4 is 11.9 Å². The van der Waals surface area contributed by atoms with Gasteiger partial charge >= 0.3 is 6.03 Å². The molecule has 1 fully saturated rings. The SMILES string of the molecule is Cc1ccc(-c2nc(CCNC(=O)NC3CCCC(C(=O)NC(C)C)C3)co2)cc1. The predicted molar refractivity (Wildman–Crippen MR) is 116 cm³/mol. The molecule has 1 aliphatic carbocycles. The van der Waals surface area contributed by atoms with Gasteiger partial charge in [0.2, 0.25) is 11.8 Å². The van der Waals surface area contributed by atoms with E-state index in [2.05, 4.69) is 20.9 Å². The van der Waals surface area contributed by atoms with Gasteiger partial charge in [0.25, 0.3) is 0 Å². The Morgan fingerprint density at radius 2 is 1.97 bits per heavy atom. The van der Waals surface area contributed by atoms with Crippen molar-refractivity contribution in [3.05, 3.63) is 41.8 Å². The van der Waals surface area contributed by atoms with Crippen molar-refractivity contribution < 1.29 is 14.0 Å². The van der Waals surface area contributed by atoms with E-state index in [4.69, 9.17) is 4.42 Å². The van der Waals surface area contributed by atoms with Crippen molar-refractivity contribution in [2.45, 2.75) is 65.0 Å². The fraction of sp³-hybridized carbons (Fsp3) is 0.522. The highest BCUT2D eigenvalue weighted by Gasteiger charge is 2.28. The summed E-state index contributed by atoms with van der Waals surface area (Å²) in [6.07, 6.45) is 5.65. The largest absolute Gasteiger partial charge is 0.444 e. The molecular formula is C23H32N4O3. The number of amides is 3. The van der Waals surface area contributed by atoms with Crippen molar-refractivity contribution in [1.29, 1.82) is 0 Å². The fourth-order valence-corrected chi connectivity index (χ4v) is 3.75. The summed E-state index contributed by atoms with van der Waals surface area (Å²) < 4.78 is 5.55. The van der Waals surface area contributed by atoms with Crippen LogP contribution in [-0.2, 0) is 11.2 Å². The van der Waals surface area contributed by atoms with Gasteiger partial charge in [0.05, 0.1) is 5.69 Å². The van der Waals surface area contributed by atoms with Crippen LogP contribution in [0.1, 0.15) is 50.8 Å². The van der Waals surface area contributed by atoms with Gasteiger partial charge in [0.1, 0.15) is 6.26 Å². The monoisotopic (exact) mass is 412 g/mol. The number of oxazole rings is 1. The van der Waals surface area contributed by atoms with E-state index < -0.39 is 0 Å². The van der Waals surface area contributed by atoms with Gasteiger partial charge in [-0.3, -0.25) is 4.79 Å². The molecule has 7 heteroatoms. The van der Waals surface area contributed by atoms with Crippen LogP contribution in [0, 0.1) is 12.8 Å². The summed E-state index contributed by atoms with van der Waals surface area (Å²) >= 11 is 0. The standard InChI is InChI=1S/C23H32N4O3/c1-15(2)25-21(28)18-5-4-6-19(13-18)27-23(29)24-12-11-20-14-30-22(26-20)17-9-7-16(3)8-10-17/h7-10,14-15,18-19H,4-6,11-13H2,1-3H3,(H,25,28)(H2,24,27,29). The highest BCUT2D eigenvalue weighted by molar-refractivity contribution is 5.79. The molecule has 1 aromatic heterocycles. The lowest BCUT2D eigenvalue weighted by Crippen LogP contribution is -2.47. The number of aromatic nitrogens is 1. The average molecular weight is 413 g/mol. The van der Waals surface area contributed by atoms with Crippen LogP contribution < -0.4 is 16.0 Å². The zero-order valence-corrected chi connectivity index (χ0v) is 18.0. The molecule has 30 heavy (non-hydrogen) atoms. The molecular weight excluding hydrogens is 380 g/mol. The summed E-state index contributed by atoms with van der Waals surface area (Å²) in [7, 11) is 0. The van der Waals surface area contributed by atoms with Crippen LogP contribution in [0.2, 0.25) is 0 Å². The third-order valence-corrected chi connectivity index (χ3v) is 5.33. The zero-order valence-electron chi connectivity index (χ0n) is 18.0. The Balaban J connectivity index is 1.41. The Morgan fingerprint density at radius 3 is 2.70 bits per heavy atom. The van der Waals surface area contributed by atoms with Gasteiger partial charge in [0, 0.05) is 36.5 Å². The Bertz CT molecular complexity index is 844. The number of nitrogens with one attached hydrogen (secondary N) is 3. The maximum Gasteiger partial charge on any atom is 0.315 e. The second-order valence-corrected chi connectivity index (χ2v) is 8.38. The Kier molecular flexibility index (Phi) is 7.49. The van der Waals surface area contributed by atoms with E-state index in [-0.39, 0.29) is 29.9 Å². The van der Waals surface area contributed by atoms with Crippen LogP contribution in [-0.4, -0.2) is 35.6 Å². The molecule has 7 nitrogen and oxygen atoms in total. The minimum Gasteiger partial charge on any atom is -0.444 e. The molecule has 3 N–H and O–H groups in total. The lowest BCUT2D eigenvalue weighted by atomic mass is 9.85. The minimum atomic E-state index is -0.202. The van der Waals surface area contributed by atoms with Crippen LogP contribution >= 0.6 is 0 Å². The zero-order chi connectivity index (χ0) is 21.5. The van der Waals surface area contributed by atoms with Crippen LogP contribution in [0.15, 0.2) is 34.9 Å². The molecule has 0 saturated heterocycles. The first-order valence-corrected chi connectivity index (χ1v) is 10.8. The second kappa shape index (κ2) is 10.3.